The van der Waals surface area contributed by atoms with E-state index in [0.29, 0.717) is 42.5 Å². The van der Waals surface area contributed by atoms with E-state index in [4.69, 9.17) is 15.2 Å². The molecule has 0 aliphatic rings. The quantitative estimate of drug-likeness (QED) is 0.609. The average Bonchev–Trinajstić information content (AvgIpc) is 2.52. The number of anilines is 2. The normalized spacial score (nSPS) is 10.2. The van der Waals surface area contributed by atoms with Crippen molar-refractivity contribution in [3.8, 4) is 5.75 Å². The van der Waals surface area contributed by atoms with Crippen LogP contribution in [0.3, 0.4) is 0 Å². The molecular weight excluding hydrogens is 280 g/mol. The number of nitrogens with two attached hydrogens (primary N) is 1. The molecular formula is C17H20N2O3. The number of hydrogen-bond donors (Lipinski definition) is 2. The molecule has 0 saturated carbocycles. The summed E-state index contributed by atoms with van der Waals surface area (Å²) in [6.45, 7) is 3.65. The van der Waals surface area contributed by atoms with E-state index in [0.717, 1.165) is 0 Å². The van der Waals surface area contributed by atoms with Crippen LogP contribution in [0.1, 0.15) is 17.3 Å². The Kier molecular flexibility index (Phi) is 5.80. The van der Waals surface area contributed by atoms with Gasteiger partial charge in [-0.3, -0.25) is 4.79 Å². The summed E-state index contributed by atoms with van der Waals surface area (Å²) in [5, 5.41) is 2.80. The van der Waals surface area contributed by atoms with Crippen LogP contribution in [0.5, 0.6) is 5.75 Å². The molecule has 0 radical (unpaired) electrons. The minimum absolute atomic E-state index is 0.188. The summed E-state index contributed by atoms with van der Waals surface area (Å²) in [4.78, 5) is 12.1. The SMILES string of the molecule is CCOCCOc1ccc(C(=O)Nc2cccc(N)c2)cc1. The van der Waals surface area contributed by atoms with Gasteiger partial charge in [0.05, 0.1) is 6.61 Å². The summed E-state index contributed by atoms with van der Waals surface area (Å²) in [7, 11) is 0. The fourth-order valence-corrected chi connectivity index (χ4v) is 1.89. The Morgan fingerprint density at radius 3 is 2.59 bits per heavy atom. The van der Waals surface area contributed by atoms with Crippen molar-refractivity contribution in [3.63, 3.8) is 0 Å². The van der Waals surface area contributed by atoms with Crippen LogP contribution in [0.15, 0.2) is 48.5 Å². The summed E-state index contributed by atoms with van der Waals surface area (Å²) in [5.74, 6) is 0.520. The number of carbonyl (C=O) groups excluding carboxylic acids is 1. The van der Waals surface area contributed by atoms with Crippen LogP contribution in [0.2, 0.25) is 0 Å². The molecule has 0 spiro atoms. The van der Waals surface area contributed by atoms with Gasteiger partial charge in [-0.25, -0.2) is 0 Å². The molecule has 0 fully saturated rings. The van der Waals surface area contributed by atoms with Gasteiger partial charge in [0.25, 0.3) is 5.91 Å². The molecule has 5 heteroatoms. The van der Waals surface area contributed by atoms with Crippen LogP contribution in [-0.2, 0) is 4.74 Å². The molecule has 0 aromatic heterocycles. The summed E-state index contributed by atoms with van der Waals surface area (Å²) in [6.07, 6.45) is 0. The smallest absolute Gasteiger partial charge is 0.255 e. The Hall–Kier alpha value is -2.53. The summed E-state index contributed by atoms with van der Waals surface area (Å²) >= 11 is 0. The maximum Gasteiger partial charge on any atom is 0.255 e. The van der Waals surface area contributed by atoms with Crippen molar-refractivity contribution in [2.24, 2.45) is 0 Å². The zero-order chi connectivity index (χ0) is 15.8. The van der Waals surface area contributed by atoms with Gasteiger partial charge >= 0.3 is 0 Å². The molecule has 2 rings (SSSR count). The molecule has 5 nitrogen and oxygen atoms in total. The van der Waals surface area contributed by atoms with Gasteiger partial charge in [0.2, 0.25) is 0 Å². The largest absolute Gasteiger partial charge is 0.491 e. The third-order valence-corrected chi connectivity index (χ3v) is 2.96. The number of nitrogen functional groups attached to an aromatic ring is 1. The van der Waals surface area contributed by atoms with E-state index in [2.05, 4.69) is 5.32 Å². The Labute approximate surface area is 130 Å². The molecule has 2 aromatic rings. The second kappa shape index (κ2) is 8.05. The lowest BCUT2D eigenvalue weighted by Crippen LogP contribution is -2.12. The molecule has 22 heavy (non-hydrogen) atoms. The van der Waals surface area contributed by atoms with Crippen LogP contribution in [0, 0.1) is 0 Å². The maximum atomic E-state index is 12.1. The molecule has 0 unspecified atom stereocenters. The molecule has 2 aromatic carbocycles. The van der Waals surface area contributed by atoms with E-state index in [9.17, 15) is 4.79 Å². The second-order valence-corrected chi connectivity index (χ2v) is 4.65. The molecule has 3 N–H and O–H groups in total. The number of rotatable bonds is 7. The lowest BCUT2D eigenvalue weighted by Gasteiger charge is -2.08. The topological polar surface area (TPSA) is 73.6 Å². The molecule has 0 aliphatic carbocycles. The highest BCUT2D eigenvalue weighted by molar-refractivity contribution is 6.04. The zero-order valence-corrected chi connectivity index (χ0v) is 12.5. The van der Waals surface area contributed by atoms with Crippen molar-refractivity contribution in [1.82, 2.24) is 0 Å². The lowest BCUT2D eigenvalue weighted by molar-refractivity contribution is 0.102. The number of amides is 1. The Morgan fingerprint density at radius 1 is 1.14 bits per heavy atom. The number of nitrogens with one attached hydrogen (secondary N) is 1. The highest BCUT2D eigenvalue weighted by Gasteiger charge is 2.06. The lowest BCUT2D eigenvalue weighted by atomic mass is 10.2. The fraction of sp³-hybridized carbons (Fsp3) is 0.235. The summed E-state index contributed by atoms with van der Waals surface area (Å²) in [5.41, 5.74) is 7.51. The van der Waals surface area contributed by atoms with Gasteiger partial charge < -0.3 is 20.5 Å². The molecule has 1 amide bonds. The van der Waals surface area contributed by atoms with E-state index in [1.807, 2.05) is 6.92 Å². The van der Waals surface area contributed by atoms with Crippen LogP contribution in [0.4, 0.5) is 11.4 Å². The number of ether oxygens (including phenoxy) is 2. The minimum Gasteiger partial charge on any atom is -0.491 e. The van der Waals surface area contributed by atoms with Gasteiger partial charge in [-0.15, -0.1) is 0 Å². The van der Waals surface area contributed by atoms with Crippen molar-refractivity contribution >= 4 is 17.3 Å². The average molecular weight is 300 g/mol. The van der Waals surface area contributed by atoms with Gasteiger partial charge in [-0.1, -0.05) is 6.07 Å². The molecule has 0 heterocycles. The summed E-state index contributed by atoms with van der Waals surface area (Å²) < 4.78 is 10.7. The Balaban J connectivity index is 1.90. The third-order valence-electron chi connectivity index (χ3n) is 2.96. The first-order valence-corrected chi connectivity index (χ1v) is 7.16. The van der Waals surface area contributed by atoms with Crippen molar-refractivity contribution in [3.05, 3.63) is 54.1 Å². The predicted octanol–water partition coefficient (Wildman–Crippen LogP) is 2.94. The van der Waals surface area contributed by atoms with Crippen molar-refractivity contribution in [2.45, 2.75) is 6.92 Å². The van der Waals surface area contributed by atoms with Crippen molar-refractivity contribution < 1.29 is 14.3 Å². The van der Waals surface area contributed by atoms with E-state index in [1.165, 1.54) is 0 Å². The van der Waals surface area contributed by atoms with Gasteiger partial charge in [0, 0.05) is 23.5 Å². The number of benzene rings is 2. The van der Waals surface area contributed by atoms with E-state index >= 15 is 0 Å². The van der Waals surface area contributed by atoms with Crippen molar-refractivity contribution in [1.29, 1.82) is 0 Å². The summed E-state index contributed by atoms with van der Waals surface area (Å²) in [6, 6.07) is 14.0. The maximum absolute atomic E-state index is 12.1. The first-order valence-electron chi connectivity index (χ1n) is 7.16. The van der Waals surface area contributed by atoms with Crippen LogP contribution >= 0.6 is 0 Å². The first kappa shape index (κ1) is 15.9. The van der Waals surface area contributed by atoms with Gasteiger partial charge in [-0.05, 0) is 49.4 Å². The Bertz CT molecular complexity index is 612. The molecule has 0 bridgehead atoms. The van der Waals surface area contributed by atoms with Crippen LogP contribution in [-0.4, -0.2) is 25.7 Å². The van der Waals surface area contributed by atoms with E-state index < -0.39 is 0 Å². The second-order valence-electron chi connectivity index (χ2n) is 4.65. The predicted molar refractivity (Wildman–Crippen MR) is 87.2 cm³/mol. The van der Waals surface area contributed by atoms with Crippen LogP contribution in [0.25, 0.3) is 0 Å². The highest BCUT2D eigenvalue weighted by Crippen LogP contribution is 2.16. The van der Waals surface area contributed by atoms with Gasteiger partial charge in [0.15, 0.2) is 0 Å². The van der Waals surface area contributed by atoms with E-state index in [-0.39, 0.29) is 5.91 Å². The van der Waals surface area contributed by atoms with Gasteiger partial charge in [0.1, 0.15) is 12.4 Å². The molecule has 0 aliphatic heterocycles. The minimum atomic E-state index is -0.188. The first-order chi connectivity index (χ1) is 10.7. The van der Waals surface area contributed by atoms with Crippen LogP contribution < -0.4 is 15.8 Å². The van der Waals surface area contributed by atoms with Crippen molar-refractivity contribution in [2.75, 3.05) is 30.9 Å². The Morgan fingerprint density at radius 2 is 1.91 bits per heavy atom. The number of carbonyl (C=O) groups is 1. The standard InChI is InChI=1S/C17H20N2O3/c1-2-21-10-11-22-16-8-6-13(7-9-16)17(20)19-15-5-3-4-14(18)12-15/h3-9,12H,2,10-11,18H2,1H3,(H,19,20). The highest BCUT2D eigenvalue weighted by atomic mass is 16.5. The zero-order valence-electron chi connectivity index (χ0n) is 12.5. The fourth-order valence-electron chi connectivity index (χ4n) is 1.89. The van der Waals surface area contributed by atoms with Gasteiger partial charge in [-0.2, -0.15) is 0 Å². The monoisotopic (exact) mass is 300 g/mol. The number of hydrogen-bond acceptors (Lipinski definition) is 4. The third kappa shape index (κ3) is 4.79. The van der Waals surface area contributed by atoms with E-state index in [1.54, 1.807) is 48.5 Å². The molecule has 0 saturated heterocycles. The molecule has 116 valence electrons. The molecule has 0 atom stereocenters.